The van der Waals surface area contributed by atoms with Gasteiger partial charge in [0, 0.05) is 23.1 Å². The second-order valence-corrected chi connectivity index (χ2v) is 5.24. The van der Waals surface area contributed by atoms with E-state index >= 15 is 0 Å². The van der Waals surface area contributed by atoms with Crippen molar-refractivity contribution in [1.29, 1.82) is 0 Å². The molecular weight excluding hydrogens is 232 g/mol. The van der Waals surface area contributed by atoms with Crippen LogP contribution in [-0.2, 0) is 12.8 Å². The fourth-order valence-corrected chi connectivity index (χ4v) is 2.94. The number of aromatic nitrogens is 1. The topological polar surface area (TPSA) is 27.8 Å². The maximum absolute atomic E-state index is 3.50. The second-order valence-electron chi connectivity index (χ2n) is 5.24. The van der Waals surface area contributed by atoms with Gasteiger partial charge in [-0.05, 0) is 66.1 Å². The normalized spacial score (nSPS) is 13.7. The zero-order valence-corrected chi connectivity index (χ0v) is 10.7. The van der Waals surface area contributed by atoms with Crippen LogP contribution in [0.4, 0.5) is 11.4 Å². The van der Waals surface area contributed by atoms with Crippen LogP contribution in [0.2, 0.25) is 0 Å². The number of nitrogens with one attached hydrogen (secondary N) is 2. The van der Waals surface area contributed by atoms with Crippen molar-refractivity contribution in [3.63, 3.8) is 0 Å². The Bertz CT molecular complexity index is 740. The van der Waals surface area contributed by atoms with E-state index in [2.05, 4.69) is 52.8 Å². The Labute approximate surface area is 112 Å². The number of hydrogen-bond donors (Lipinski definition) is 2. The summed E-state index contributed by atoms with van der Waals surface area (Å²) in [5.74, 6) is 0. The van der Waals surface area contributed by atoms with Crippen molar-refractivity contribution in [3.8, 4) is 0 Å². The molecule has 3 aromatic rings. The van der Waals surface area contributed by atoms with Gasteiger partial charge < -0.3 is 10.3 Å². The van der Waals surface area contributed by atoms with Crippen LogP contribution in [0, 0.1) is 0 Å². The van der Waals surface area contributed by atoms with Gasteiger partial charge in [0.2, 0.25) is 0 Å². The Morgan fingerprint density at radius 3 is 2.68 bits per heavy atom. The van der Waals surface area contributed by atoms with E-state index in [1.54, 1.807) is 0 Å². The smallest absolute Gasteiger partial charge is 0.0474 e. The molecule has 94 valence electrons. The van der Waals surface area contributed by atoms with Crippen LogP contribution in [0.3, 0.4) is 0 Å². The number of hydrogen-bond acceptors (Lipinski definition) is 1. The zero-order chi connectivity index (χ0) is 12.7. The number of aryl methyl sites for hydroxylation is 2. The average Bonchev–Trinajstić information content (AvgIpc) is 3.05. The maximum Gasteiger partial charge on any atom is 0.0474 e. The molecule has 1 heterocycles. The summed E-state index contributed by atoms with van der Waals surface area (Å²) < 4.78 is 0. The number of anilines is 2. The van der Waals surface area contributed by atoms with Gasteiger partial charge in [0.15, 0.2) is 0 Å². The molecule has 0 bridgehead atoms. The Morgan fingerprint density at radius 2 is 1.68 bits per heavy atom. The summed E-state index contributed by atoms with van der Waals surface area (Å²) in [6, 6.07) is 15.3. The minimum atomic E-state index is 1.13. The van der Waals surface area contributed by atoms with Gasteiger partial charge in [-0.15, -0.1) is 0 Å². The maximum atomic E-state index is 3.50. The van der Waals surface area contributed by atoms with Gasteiger partial charge in [-0.25, -0.2) is 0 Å². The molecule has 0 aliphatic heterocycles. The molecule has 0 atom stereocenters. The first-order valence-corrected chi connectivity index (χ1v) is 6.84. The summed E-state index contributed by atoms with van der Waals surface area (Å²) in [5, 5.41) is 4.75. The van der Waals surface area contributed by atoms with Crippen LogP contribution in [0.5, 0.6) is 0 Å². The SMILES string of the molecule is c1cc2ccc(Nc3ccc4c(c3)CCC4)cc2[nH]1. The zero-order valence-electron chi connectivity index (χ0n) is 10.7. The standard InChI is InChI=1S/C17H16N2/c1-2-12-4-6-15(10-14(12)3-1)19-16-7-5-13-8-9-18-17(13)11-16/h4-11,18-19H,1-3H2. The highest BCUT2D eigenvalue weighted by Crippen LogP contribution is 2.27. The van der Waals surface area contributed by atoms with Crippen molar-refractivity contribution >= 4 is 22.3 Å². The van der Waals surface area contributed by atoms with Crippen molar-refractivity contribution in [2.45, 2.75) is 19.3 Å². The van der Waals surface area contributed by atoms with E-state index in [0.717, 1.165) is 5.69 Å². The van der Waals surface area contributed by atoms with Gasteiger partial charge in [0.05, 0.1) is 0 Å². The summed E-state index contributed by atoms with van der Waals surface area (Å²) in [6.45, 7) is 0. The summed E-state index contributed by atoms with van der Waals surface area (Å²) >= 11 is 0. The highest BCUT2D eigenvalue weighted by Gasteiger charge is 2.10. The van der Waals surface area contributed by atoms with E-state index in [0.29, 0.717) is 0 Å². The molecule has 0 radical (unpaired) electrons. The van der Waals surface area contributed by atoms with Gasteiger partial charge in [-0.3, -0.25) is 0 Å². The summed E-state index contributed by atoms with van der Waals surface area (Å²) in [7, 11) is 0. The summed E-state index contributed by atoms with van der Waals surface area (Å²) in [5.41, 5.74) is 6.52. The van der Waals surface area contributed by atoms with Crippen LogP contribution in [0.15, 0.2) is 48.7 Å². The number of rotatable bonds is 2. The molecule has 0 saturated heterocycles. The molecule has 0 saturated carbocycles. The third-order valence-corrected chi connectivity index (χ3v) is 3.94. The van der Waals surface area contributed by atoms with Crippen molar-refractivity contribution in [3.05, 3.63) is 59.8 Å². The van der Waals surface area contributed by atoms with E-state index in [1.165, 1.54) is 47.0 Å². The molecule has 1 aliphatic carbocycles. The van der Waals surface area contributed by atoms with Gasteiger partial charge >= 0.3 is 0 Å². The molecule has 2 aromatic carbocycles. The monoisotopic (exact) mass is 248 g/mol. The minimum absolute atomic E-state index is 1.13. The third kappa shape index (κ3) is 1.89. The summed E-state index contributed by atoms with van der Waals surface area (Å²) in [6.07, 6.45) is 5.74. The number of fused-ring (bicyclic) bond motifs is 2. The van der Waals surface area contributed by atoms with Crippen molar-refractivity contribution in [2.24, 2.45) is 0 Å². The van der Waals surface area contributed by atoms with Crippen molar-refractivity contribution < 1.29 is 0 Å². The van der Waals surface area contributed by atoms with Gasteiger partial charge in [-0.2, -0.15) is 0 Å². The van der Waals surface area contributed by atoms with E-state index in [9.17, 15) is 0 Å². The fraction of sp³-hybridized carbons (Fsp3) is 0.176. The fourth-order valence-electron chi connectivity index (χ4n) is 2.94. The molecule has 0 spiro atoms. The van der Waals surface area contributed by atoms with Crippen LogP contribution < -0.4 is 5.32 Å². The lowest BCUT2D eigenvalue weighted by atomic mass is 10.1. The Balaban J connectivity index is 1.66. The number of benzene rings is 2. The van der Waals surface area contributed by atoms with Crippen molar-refractivity contribution in [2.75, 3.05) is 5.32 Å². The number of aromatic amines is 1. The molecule has 0 unspecified atom stereocenters. The van der Waals surface area contributed by atoms with Gasteiger partial charge in [-0.1, -0.05) is 12.1 Å². The minimum Gasteiger partial charge on any atom is -0.361 e. The van der Waals surface area contributed by atoms with Crippen LogP contribution in [-0.4, -0.2) is 4.98 Å². The quantitative estimate of drug-likeness (QED) is 0.691. The molecule has 0 fully saturated rings. The summed E-state index contributed by atoms with van der Waals surface area (Å²) in [4.78, 5) is 3.25. The molecule has 4 rings (SSSR count). The molecular formula is C17H16N2. The Morgan fingerprint density at radius 1 is 0.842 bits per heavy atom. The molecule has 0 amide bonds. The molecule has 2 nitrogen and oxygen atoms in total. The second kappa shape index (κ2) is 4.16. The lowest BCUT2D eigenvalue weighted by Crippen LogP contribution is -1.92. The largest absolute Gasteiger partial charge is 0.361 e. The molecule has 19 heavy (non-hydrogen) atoms. The third-order valence-electron chi connectivity index (χ3n) is 3.94. The highest BCUT2D eigenvalue weighted by molar-refractivity contribution is 5.83. The van der Waals surface area contributed by atoms with E-state index in [-0.39, 0.29) is 0 Å². The predicted molar refractivity (Wildman–Crippen MR) is 80.0 cm³/mol. The Kier molecular flexibility index (Phi) is 2.34. The van der Waals surface area contributed by atoms with Crippen LogP contribution in [0.1, 0.15) is 17.5 Å². The first-order chi connectivity index (χ1) is 9.38. The van der Waals surface area contributed by atoms with Crippen molar-refractivity contribution in [1.82, 2.24) is 4.98 Å². The van der Waals surface area contributed by atoms with E-state index < -0.39 is 0 Å². The lowest BCUT2D eigenvalue weighted by molar-refractivity contribution is 0.912. The first kappa shape index (κ1) is 10.7. The van der Waals surface area contributed by atoms with Crippen LogP contribution in [0.25, 0.3) is 10.9 Å². The van der Waals surface area contributed by atoms with Gasteiger partial charge in [0.1, 0.15) is 0 Å². The Hall–Kier alpha value is -2.22. The lowest BCUT2D eigenvalue weighted by Gasteiger charge is -2.08. The average molecular weight is 248 g/mol. The predicted octanol–water partition coefficient (Wildman–Crippen LogP) is 4.40. The van der Waals surface area contributed by atoms with E-state index in [1.807, 2.05) is 6.20 Å². The molecule has 1 aliphatic rings. The molecule has 2 heteroatoms. The molecule has 2 N–H and O–H groups in total. The number of H-pyrrole nitrogens is 1. The highest BCUT2D eigenvalue weighted by atomic mass is 14.9. The molecule has 1 aromatic heterocycles. The van der Waals surface area contributed by atoms with Crippen LogP contribution >= 0.6 is 0 Å². The van der Waals surface area contributed by atoms with E-state index in [4.69, 9.17) is 0 Å². The van der Waals surface area contributed by atoms with Gasteiger partial charge in [0.25, 0.3) is 0 Å². The first-order valence-electron chi connectivity index (χ1n) is 6.84.